The van der Waals surface area contributed by atoms with Crippen LogP contribution in [0.5, 0.6) is 0 Å². The number of hydrogen-bond donors (Lipinski definition) is 3. The minimum Gasteiger partial charge on any atom is -0.368 e. The fourth-order valence-electron chi connectivity index (χ4n) is 3.09. The summed E-state index contributed by atoms with van der Waals surface area (Å²) < 4.78 is 0. The van der Waals surface area contributed by atoms with E-state index < -0.39 is 5.91 Å². The van der Waals surface area contributed by atoms with Crippen molar-refractivity contribution in [2.75, 3.05) is 5.73 Å². The summed E-state index contributed by atoms with van der Waals surface area (Å²) in [5, 5.41) is 0. The number of hydrogen-bond acceptors (Lipinski definition) is 4. The van der Waals surface area contributed by atoms with Gasteiger partial charge < -0.3 is 16.5 Å². The van der Waals surface area contributed by atoms with Crippen molar-refractivity contribution in [2.24, 2.45) is 5.73 Å². The molecule has 0 radical (unpaired) electrons. The Bertz CT molecular complexity index is 1120. The van der Waals surface area contributed by atoms with Crippen molar-refractivity contribution < 1.29 is 4.79 Å². The van der Waals surface area contributed by atoms with Crippen LogP contribution in [0, 0.1) is 0 Å². The largest absolute Gasteiger partial charge is 0.368 e. The highest BCUT2D eigenvalue weighted by molar-refractivity contribution is 6.02. The fourth-order valence-corrected chi connectivity index (χ4v) is 3.09. The molecule has 0 saturated heterocycles. The van der Waals surface area contributed by atoms with E-state index in [2.05, 4.69) is 15.0 Å². The second-order valence-electron chi connectivity index (χ2n) is 6.05. The third kappa shape index (κ3) is 3.16. The number of nitrogens with two attached hydrogens (primary N) is 2. The Kier molecular flexibility index (Phi) is 4.14. The molecule has 2 aromatic carbocycles. The number of H-pyrrole nitrogens is 1. The first-order valence-electron chi connectivity index (χ1n) is 8.40. The van der Waals surface area contributed by atoms with Crippen molar-refractivity contribution in [3.63, 3.8) is 0 Å². The average molecular weight is 355 g/mol. The van der Waals surface area contributed by atoms with Gasteiger partial charge in [-0.15, -0.1) is 0 Å². The molecule has 0 unspecified atom stereocenters. The summed E-state index contributed by atoms with van der Waals surface area (Å²) >= 11 is 0. The van der Waals surface area contributed by atoms with Crippen LogP contribution in [0.3, 0.4) is 0 Å². The van der Waals surface area contributed by atoms with Gasteiger partial charge in [0.25, 0.3) is 5.91 Å². The summed E-state index contributed by atoms with van der Waals surface area (Å²) in [4.78, 5) is 23.5. The van der Waals surface area contributed by atoms with Crippen molar-refractivity contribution in [1.29, 1.82) is 0 Å². The molecule has 0 spiro atoms. The Hall–Kier alpha value is -3.93. The number of nitrogens with one attached hydrogen (secondary N) is 1. The lowest BCUT2D eigenvalue weighted by molar-refractivity contribution is 0.100. The molecular formula is C21H17N5O. The smallest absolute Gasteiger partial charge is 0.250 e. The van der Waals surface area contributed by atoms with Crippen molar-refractivity contribution in [3.05, 3.63) is 78.5 Å². The van der Waals surface area contributed by atoms with Crippen LogP contribution in [-0.2, 0) is 0 Å². The highest BCUT2D eigenvalue weighted by Crippen LogP contribution is 2.35. The lowest BCUT2D eigenvalue weighted by Gasteiger charge is -2.10. The van der Waals surface area contributed by atoms with Crippen LogP contribution in [0.4, 0.5) is 5.95 Å². The van der Waals surface area contributed by atoms with E-state index in [4.69, 9.17) is 11.5 Å². The van der Waals surface area contributed by atoms with E-state index in [9.17, 15) is 4.79 Å². The molecule has 0 aliphatic rings. The summed E-state index contributed by atoms with van der Waals surface area (Å²) in [5.74, 6) is -0.355. The molecule has 2 aromatic heterocycles. The van der Waals surface area contributed by atoms with Gasteiger partial charge in [0.2, 0.25) is 5.95 Å². The molecule has 132 valence electrons. The average Bonchev–Trinajstić information content (AvgIpc) is 3.14. The summed E-state index contributed by atoms with van der Waals surface area (Å²) in [6.07, 6.45) is 1.57. The molecular weight excluding hydrogens is 338 g/mol. The summed E-state index contributed by atoms with van der Waals surface area (Å²) in [6.45, 7) is 0. The number of anilines is 1. The van der Waals surface area contributed by atoms with E-state index in [1.54, 1.807) is 18.3 Å². The topological polar surface area (TPSA) is 111 Å². The van der Waals surface area contributed by atoms with E-state index in [1.807, 2.05) is 54.6 Å². The molecule has 2 heterocycles. The predicted molar refractivity (Wildman–Crippen MR) is 106 cm³/mol. The Balaban J connectivity index is 1.92. The van der Waals surface area contributed by atoms with Crippen LogP contribution in [0.1, 0.15) is 10.4 Å². The van der Waals surface area contributed by atoms with Crippen molar-refractivity contribution >= 4 is 11.9 Å². The molecule has 5 N–H and O–H groups in total. The van der Waals surface area contributed by atoms with Gasteiger partial charge in [-0.1, -0.05) is 54.6 Å². The van der Waals surface area contributed by atoms with E-state index in [0.29, 0.717) is 22.6 Å². The molecule has 0 aliphatic carbocycles. The van der Waals surface area contributed by atoms with Crippen molar-refractivity contribution in [1.82, 2.24) is 15.0 Å². The predicted octanol–water partition coefficient (Wildman–Crippen LogP) is 3.49. The van der Waals surface area contributed by atoms with Gasteiger partial charge in [-0.25, -0.2) is 9.97 Å². The molecule has 4 rings (SSSR count). The van der Waals surface area contributed by atoms with Crippen LogP contribution in [0.25, 0.3) is 33.8 Å². The van der Waals surface area contributed by atoms with E-state index in [1.165, 1.54) is 0 Å². The number of aromatic amines is 1. The van der Waals surface area contributed by atoms with Gasteiger partial charge in [0, 0.05) is 11.8 Å². The normalized spacial score (nSPS) is 10.7. The van der Waals surface area contributed by atoms with Crippen molar-refractivity contribution in [3.8, 4) is 33.8 Å². The Morgan fingerprint density at radius 1 is 0.926 bits per heavy atom. The highest BCUT2D eigenvalue weighted by Gasteiger charge is 2.19. The van der Waals surface area contributed by atoms with Crippen LogP contribution in [0.15, 0.2) is 72.9 Å². The van der Waals surface area contributed by atoms with Gasteiger partial charge in [-0.2, -0.15) is 0 Å². The third-order valence-corrected chi connectivity index (χ3v) is 4.31. The number of carbonyl (C=O) groups is 1. The molecule has 1 amide bonds. The number of carbonyl (C=O) groups excluding carboxylic acids is 1. The molecule has 6 heteroatoms. The van der Waals surface area contributed by atoms with Gasteiger partial charge in [0.05, 0.1) is 22.6 Å². The molecule has 0 aliphatic heterocycles. The van der Waals surface area contributed by atoms with Crippen LogP contribution >= 0.6 is 0 Å². The molecule has 0 bridgehead atoms. The van der Waals surface area contributed by atoms with Crippen molar-refractivity contribution in [2.45, 2.75) is 0 Å². The molecule has 4 aromatic rings. The first-order valence-corrected chi connectivity index (χ1v) is 8.40. The minimum atomic E-state index is -0.516. The highest BCUT2D eigenvalue weighted by atomic mass is 16.1. The summed E-state index contributed by atoms with van der Waals surface area (Å²) in [5.41, 5.74) is 16.5. The summed E-state index contributed by atoms with van der Waals surface area (Å²) in [6, 6.07) is 21.2. The van der Waals surface area contributed by atoms with Crippen LogP contribution in [-0.4, -0.2) is 20.9 Å². The third-order valence-electron chi connectivity index (χ3n) is 4.31. The first kappa shape index (κ1) is 16.5. The van der Waals surface area contributed by atoms with Gasteiger partial charge in [-0.05, 0) is 23.3 Å². The Labute approximate surface area is 155 Å². The van der Waals surface area contributed by atoms with E-state index >= 15 is 0 Å². The standard InChI is InChI=1S/C21H17N5O/c22-20(27)16-12-18(17-10-11-24-21(23)26-17)25-19(16)15-9-5-4-8-14(15)13-6-2-1-3-7-13/h1-12,25H,(H2,22,27)(H2,23,24,26). The molecule has 27 heavy (non-hydrogen) atoms. The van der Waals surface area contributed by atoms with E-state index in [0.717, 1.165) is 16.7 Å². The summed E-state index contributed by atoms with van der Waals surface area (Å²) in [7, 11) is 0. The van der Waals surface area contributed by atoms with Gasteiger partial charge in [0.1, 0.15) is 0 Å². The molecule has 0 saturated carbocycles. The van der Waals surface area contributed by atoms with E-state index in [-0.39, 0.29) is 5.95 Å². The quantitative estimate of drug-likeness (QED) is 0.520. The second kappa shape index (κ2) is 6.76. The first-order chi connectivity index (χ1) is 13.1. The number of primary amides is 1. The minimum absolute atomic E-state index is 0.161. The molecule has 0 atom stereocenters. The fraction of sp³-hybridized carbons (Fsp3) is 0. The van der Waals surface area contributed by atoms with Crippen LogP contribution in [0.2, 0.25) is 0 Å². The maximum Gasteiger partial charge on any atom is 0.250 e. The number of benzene rings is 2. The molecule has 6 nitrogen and oxygen atoms in total. The zero-order chi connectivity index (χ0) is 18.8. The lowest BCUT2D eigenvalue weighted by atomic mass is 9.96. The lowest BCUT2D eigenvalue weighted by Crippen LogP contribution is -2.11. The number of rotatable bonds is 4. The number of amides is 1. The zero-order valence-electron chi connectivity index (χ0n) is 14.4. The maximum atomic E-state index is 12.1. The second-order valence-corrected chi connectivity index (χ2v) is 6.05. The Morgan fingerprint density at radius 3 is 2.33 bits per heavy atom. The van der Waals surface area contributed by atoms with Gasteiger partial charge in [0.15, 0.2) is 0 Å². The maximum absolute atomic E-state index is 12.1. The number of nitrogen functional groups attached to an aromatic ring is 1. The number of aromatic nitrogens is 3. The monoisotopic (exact) mass is 355 g/mol. The Morgan fingerprint density at radius 2 is 1.63 bits per heavy atom. The van der Waals surface area contributed by atoms with Gasteiger partial charge >= 0.3 is 0 Å². The number of nitrogens with zero attached hydrogens (tertiary/aromatic N) is 2. The zero-order valence-corrected chi connectivity index (χ0v) is 14.4. The SMILES string of the molecule is NC(=O)c1cc(-c2ccnc(N)n2)[nH]c1-c1ccccc1-c1ccccc1. The van der Waals surface area contributed by atoms with Gasteiger partial charge in [-0.3, -0.25) is 4.79 Å². The van der Waals surface area contributed by atoms with Crippen LogP contribution < -0.4 is 11.5 Å². The molecule has 0 fully saturated rings.